The molecule has 2 amide bonds. The molecule has 2 aromatic heterocycles. The topological polar surface area (TPSA) is 88.9 Å². The lowest BCUT2D eigenvalue weighted by atomic mass is 10.2. The zero-order valence-electron chi connectivity index (χ0n) is 26.8. The average molecular weight is 754 g/mol. The molecule has 5 aromatic rings. The number of piperazine rings is 1. The highest BCUT2D eigenvalue weighted by Crippen LogP contribution is 2.28. The molecule has 3 heterocycles. The van der Waals surface area contributed by atoms with Crippen LogP contribution in [-0.4, -0.2) is 63.4 Å². The molecule has 0 spiro atoms. The number of nitrogens with zero attached hydrogens (tertiary/aromatic N) is 4. The maximum Gasteiger partial charge on any atom is 0.270 e. The van der Waals surface area contributed by atoms with E-state index in [1.54, 1.807) is 24.3 Å². The van der Waals surface area contributed by atoms with Crippen LogP contribution in [0.3, 0.4) is 0 Å². The summed E-state index contributed by atoms with van der Waals surface area (Å²) in [5, 5.41) is 4.41. The van der Waals surface area contributed by atoms with Gasteiger partial charge in [-0.15, -0.1) is 17.0 Å². The normalized spacial score (nSPS) is 13.3. The lowest BCUT2D eigenvalue weighted by Crippen LogP contribution is -2.48. The summed E-state index contributed by atoms with van der Waals surface area (Å²) < 4.78 is 13.7. The first-order chi connectivity index (χ1) is 22.6. The van der Waals surface area contributed by atoms with Crippen molar-refractivity contribution >= 4 is 68.6 Å². The van der Waals surface area contributed by atoms with E-state index < -0.39 is 0 Å². The summed E-state index contributed by atoms with van der Waals surface area (Å²) >= 11 is 12.0. The Kier molecular flexibility index (Phi) is 11.3. The number of anilines is 1. The number of carbonyl (C=O) groups is 2. The van der Waals surface area contributed by atoms with E-state index >= 15 is 0 Å². The van der Waals surface area contributed by atoms with E-state index in [-0.39, 0.29) is 34.9 Å². The molecule has 1 N–H and O–H groups in total. The van der Waals surface area contributed by atoms with Crippen LogP contribution in [0.1, 0.15) is 40.3 Å². The molecule has 3 aromatic carbocycles. The molecule has 250 valence electrons. The van der Waals surface area contributed by atoms with Gasteiger partial charge in [0.1, 0.15) is 17.2 Å². The number of fused-ring (bicyclic) bond motifs is 1. The monoisotopic (exact) mass is 751 g/mol. The predicted molar refractivity (Wildman–Crippen MR) is 195 cm³/mol. The smallest absolute Gasteiger partial charge is 0.270 e. The van der Waals surface area contributed by atoms with Gasteiger partial charge >= 0.3 is 0 Å². The number of ether oxygens (including phenoxy) is 2. The molecule has 0 saturated carbocycles. The molecular formula is C36H36BrCl2N5O4. The van der Waals surface area contributed by atoms with Gasteiger partial charge in [0.15, 0.2) is 0 Å². The highest BCUT2D eigenvalue weighted by atomic mass is 79.9. The van der Waals surface area contributed by atoms with Crippen LogP contribution < -0.4 is 14.8 Å². The zero-order valence-corrected chi connectivity index (χ0v) is 30.0. The van der Waals surface area contributed by atoms with E-state index in [1.807, 2.05) is 66.8 Å². The Morgan fingerprint density at radius 3 is 2.27 bits per heavy atom. The van der Waals surface area contributed by atoms with Crippen LogP contribution in [0.4, 0.5) is 5.69 Å². The number of nitrogens with one attached hydrogen (secondary N) is 1. The third-order valence-electron chi connectivity index (χ3n) is 8.00. The predicted octanol–water partition coefficient (Wildman–Crippen LogP) is 8.25. The van der Waals surface area contributed by atoms with Crippen molar-refractivity contribution in [3.05, 3.63) is 112 Å². The summed E-state index contributed by atoms with van der Waals surface area (Å²) in [6, 6.07) is 23.9. The van der Waals surface area contributed by atoms with E-state index in [4.69, 9.17) is 32.7 Å². The van der Waals surface area contributed by atoms with E-state index in [1.165, 1.54) is 17.8 Å². The molecule has 12 heteroatoms. The average Bonchev–Trinajstić information content (AvgIpc) is 3.39. The van der Waals surface area contributed by atoms with Crippen LogP contribution in [0.2, 0.25) is 10.0 Å². The lowest BCUT2D eigenvalue weighted by molar-refractivity contribution is 0.0619. The van der Waals surface area contributed by atoms with Gasteiger partial charge in [-0.3, -0.25) is 14.5 Å². The largest absolute Gasteiger partial charge is 0.491 e. The standard InChI is InChI=1S/C36H35Cl2N5O4.BrH/c1-23(2)46-28-9-4-24(5-10-28)22-42-14-16-43(17-15-42)36(45)33-19-25-6-11-29(20-32(25)41(33)3)47-34-13-8-27(21-39-34)40-35(44)26-7-12-30(37)31(38)18-26;/h4-13,18-21,23H,14-17,22H2,1-3H3,(H,40,44);1H. The number of aromatic nitrogens is 2. The van der Waals surface area contributed by atoms with Crippen molar-refractivity contribution < 1.29 is 19.1 Å². The van der Waals surface area contributed by atoms with E-state index in [0.717, 1.165) is 36.3 Å². The Hall–Kier alpha value is -4.09. The molecule has 48 heavy (non-hydrogen) atoms. The van der Waals surface area contributed by atoms with Crippen LogP contribution in [0.15, 0.2) is 85.1 Å². The fraction of sp³-hybridized carbons (Fsp3) is 0.250. The van der Waals surface area contributed by atoms with Crippen molar-refractivity contribution in [1.82, 2.24) is 19.4 Å². The van der Waals surface area contributed by atoms with Crippen LogP contribution >= 0.6 is 40.2 Å². The summed E-state index contributed by atoms with van der Waals surface area (Å²) in [4.78, 5) is 34.8. The molecule has 9 nitrogen and oxygen atoms in total. The number of amides is 2. The van der Waals surface area contributed by atoms with Gasteiger partial charge in [-0.1, -0.05) is 35.3 Å². The lowest BCUT2D eigenvalue weighted by Gasteiger charge is -2.34. The van der Waals surface area contributed by atoms with Gasteiger partial charge in [-0.2, -0.15) is 0 Å². The Morgan fingerprint density at radius 1 is 0.875 bits per heavy atom. The fourth-order valence-corrected chi connectivity index (χ4v) is 5.83. The van der Waals surface area contributed by atoms with Gasteiger partial charge in [0.25, 0.3) is 11.8 Å². The minimum absolute atomic E-state index is 0. The van der Waals surface area contributed by atoms with Gasteiger partial charge in [-0.25, -0.2) is 4.98 Å². The molecule has 0 atom stereocenters. The van der Waals surface area contributed by atoms with Gasteiger partial charge < -0.3 is 24.3 Å². The quantitative estimate of drug-likeness (QED) is 0.163. The molecular weight excluding hydrogens is 717 g/mol. The molecule has 1 aliphatic rings. The number of hydrogen-bond acceptors (Lipinski definition) is 6. The molecule has 6 rings (SSSR count). The fourth-order valence-electron chi connectivity index (χ4n) is 5.53. The van der Waals surface area contributed by atoms with Crippen LogP contribution in [0, 0.1) is 0 Å². The van der Waals surface area contributed by atoms with Crippen molar-refractivity contribution in [2.75, 3.05) is 31.5 Å². The summed E-state index contributed by atoms with van der Waals surface area (Å²) in [7, 11) is 1.89. The summed E-state index contributed by atoms with van der Waals surface area (Å²) in [5.74, 6) is 1.50. The number of halogens is 3. The van der Waals surface area contributed by atoms with Crippen molar-refractivity contribution in [2.45, 2.75) is 26.5 Å². The van der Waals surface area contributed by atoms with E-state index in [0.29, 0.717) is 51.7 Å². The van der Waals surface area contributed by atoms with Gasteiger partial charge in [0, 0.05) is 62.9 Å². The van der Waals surface area contributed by atoms with E-state index in [2.05, 4.69) is 27.3 Å². The molecule has 1 fully saturated rings. The van der Waals surface area contributed by atoms with E-state index in [9.17, 15) is 9.59 Å². The second-order valence-electron chi connectivity index (χ2n) is 11.8. The Balaban J connectivity index is 0.00000451. The maximum absolute atomic E-state index is 13.6. The Bertz CT molecular complexity index is 1910. The van der Waals surface area contributed by atoms with Gasteiger partial charge in [0.05, 0.1) is 33.6 Å². The minimum Gasteiger partial charge on any atom is -0.491 e. The number of aryl methyl sites for hydroxylation is 1. The summed E-state index contributed by atoms with van der Waals surface area (Å²) in [6.45, 7) is 7.83. The second kappa shape index (κ2) is 15.4. The Morgan fingerprint density at radius 2 is 1.60 bits per heavy atom. The Labute approximate surface area is 300 Å². The van der Waals surface area contributed by atoms with Gasteiger partial charge in [0.2, 0.25) is 5.88 Å². The number of rotatable bonds is 9. The minimum atomic E-state index is -0.334. The first-order valence-electron chi connectivity index (χ1n) is 15.4. The number of carbonyl (C=O) groups excluding carboxylic acids is 2. The molecule has 0 aliphatic carbocycles. The van der Waals surface area contributed by atoms with Crippen LogP contribution in [0.5, 0.6) is 17.4 Å². The highest BCUT2D eigenvalue weighted by Gasteiger charge is 2.25. The SMILES string of the molecule is Br.CC(C)Oc1ccc(CN2CCN(C(=O)c3cc4ccc(Oc5ccc(NC(=O)c6ccc(Cl)c(Cl)c6)cn5)cc4n3C)CC2)cc1. The van der Waals surface area contributed by atoms with Crippen LogP contribution in [-0.2, 0) is 13.6 Å². The van der Waals surface area contributed by atoms with Crippen molar-refractivity contribution in [3.63, 3.8) is 0 Å². The molecule has 0 bridgehead atoms. The number of pyridine rings is 1. The maximum atomic E-state index is 13.6. The third-order valence-corrected chi connectivity index (χ3v) is 8.73. The van der Waals surface area contributed by atoms with Gasteiger partial charge in [-0.05, 0) is 74.0 Å². The van der Waals surface area contributed by atoms with Crippen LogP contribution in [0.25, 0.3) is 10.9 Å². The number of hydrogen-bond donors (Lipinski definition) is 1. The zero-order chi connectivity index (χ0) is 33.1. The number of benzene rings is 3. The molecule has 0 radical (unpaired) electrons. The summed E-state index contributed by atoms with van der Waals surface area (Å²) in [6.07, 6.45) is 1.66. The summed E-state index contributed by atoms with van der Waals surface area (Å²) in [5.41, 5.74) is 3.61. The molecule has 0 unspecified atom stereocenters. The van der Waals surface area contributed by atoms with Crippen molar-refractivity contribution in [1.29, 1.82) is 0 Å². The van der Waals surface area contributed by atoms with Crippen molar-refractivity contribution in [3.8, 4) is 17.4 Å². The third kappa shape index (κ3) is 8.30. The first kappa shape index (κ1) is 35.2. The second-order valence-corrected chi connectivity index (χ2v) is 12.6. The molecule has 1 saturated heterocycles. The highest BCUT2D eigenvalue weighted by molar-refractivity contribution is 8.93. The van der Waals surface area contributed by atoms with Crippen molar-refractivity contribution in [2.24, 2.45) is 7.05 Å². The first-order valence-corrected chi connectivity index (χ1v) is 16.2. The molecule has 1 aliphatic heterocycles.